The predicted molar refractivity (Wildman–Crippen MR) is 126 cm³/mol. The molecule has 1 aromatic heterocycles. The van der Waals surface area contributed by atoms with Gasteiger partial charge in [0, 0.05) is 23.9 Å². The molecule has 33 heavy (non-hydrogen) atoms. The Balaban J connectivity index is 1.71. The quantitative estimate of drug-likeness (QED) is 0.434. The molecule has 0 aliphatic rings. The molecule has 0 fully saturated rings. The lowest BCUT2D eigenvalue weighted by Gasteiger charge is -2.11. The van der Waals surface area contributed by atoms with Crippen LogP contribution in [0.1, 0.15) is 15.9 Å². The maximum Gasteiger partial charge on any atom is 0.255 e. The zero-order valence-electron chi connectivity index (χ0n) is 18.7. The highest BCUT2D eigenvalue weighted by molar-refractivity contribution is 6.00. The largest absolute Gasteiger partial charge is 0.496 e. The molecule has 7 heteroatoms. The summed E-state index contributed by atoms with van der Waals surface area (Å²) in [5, 5.41) is 7.71. The van der Waals surface area contributed by atoms with E-state index in [4.69, 9.17) is 19.3 Å². The van der Waals surface area contributed by atoms with Crippen LogP contribution in [0.4, 0.5) is 0 Å². The van der Waals surface area contributed by atoms with Crippen LogP contribution in [0.3, 0.4) is 0 Å². The third-order valence-corrected chi connectivity index (χ3v) is 5.27. The van der Waals surface area contributed by atoms with Crippen molar-refractivity contribution in [1.82, 2.24) is 15.1 Å². The van der Waals surface area contributed by atoms with Crippen LogP contribution in [0.5, 0.6) is 17.2 Å². The van der Waals surface area contributed by atoms with Crippen molar-refractivity contribution in [3.8, 4) is 34.2 Å². The summed E-state index contributed by atoms with van der Waals surface area (Å²) in [5.41, 5.74) is 3.46. The summed E-state index contributed by atoms with van der Waals surface area (Å²) in [4.78, 5) is 13.3. The Hall–Kier alpha value is -4.26. The Morgan fingerprint density at radius 2 is 1.55 bits per heavy atom. The number of nitrogens with zero attached hydrogens (tertiary/aromatic N) is 2. The molecule has 4 rings (SSSR count). The maximum atomic E-state index is 13.3. The van der Waals surface area contributed by atoms with Gasteiger partial charge in [0.25, 0.3) is 5.91 Å². The van der Waals surface area contributed by atoms with Gasteiger partial charge in [-0.15, -0.1) is 0 Å². The zero-order chi connectivity index (χ0) is 23.2. The van der Waals surface area contributed by atoms with E-state index in [0.717, 1.165) is 22.6 Å². The molecule has 0 aliphatic heterocycles. The molecule has 0 saturated carbocycles. The number of carbonyl (C=O) groups excluding carboxylic acids is 1. The number of hydrogen-bond acceptors (Lipinski definition) is 5. The topological polar surface area (TPSA) is 74.6 Å². The number of rotatable bonds is 8. The van der Waals surface area contributed by atoms with Crippen LogP contribution in [-0.4, -0.2) is 37.0 Å². The Kier molecular flexibility index (Phi) is 6.59. The van der Waals surface area contributed by atoms with E-state index < -0.39 is 0 Å². The summed E-state index contributed by atoms with van der Waals surface area (Å²) in [6.45, 7) is 0.324. The van der Waals surface area contributed by atoms with Gasteiger partial charge in [0.1, 0.15) is 11.4 Å². The lowest BCUT2D eigenvalue weighted by Crippen LogP contribution is -2.23. The second-order valence-corrected chi connectivity index (χ2v) is 7.24. The summed E-state index contributed by atoms with van der Waals surface area (Å²) in [5.74, 6) is 1.64. The predicted octanol–water partition coefficient (Wildman–Crippen LogP) is 4.50. The molecule has 0 bridgehead atoms. The minimum atomic E-state index is -0.243. The van der Waals surface area contributed by atoms with Crippen LogP contribution in [-0.2, 0) is 6.54 Å². The smallest absolute Gasteiger partial charge is 0.255 e. The Morgan fingerprint density at radius 1 is 0.848 bits per heavy atom. The van der Waals surface area contributed by atoms with Crippen LogP contribution >= 0.6 is 0 Å². The van der Waals surface area contributed by atoms with Crippen molar-refractivity contribution in [3.05, 3.63) is 90.1 Å². The number of benzene rings is 3. The van der Waals surface area contributed by atoms with Gasteiger partial charge in [-0.25, -0.2) is 4.68 Å². The average molecular weight is 444 g/mol. The van der Waals surface area contributed by atoms with Crippen molar-refractivity contribution < 1.29 is 19.0 Å². The molecule has 7 nitrogen and oxygen atoms in total. The van der Waals surface area contributed by atoms with Gasteiger partial charge >= 0.3 is 0 Å². The first-order valence-electron chi connectivity index (χ1n) is 10.4. The molecule has 0 aliphatic carbocycles. The number of ether oxygens (including phenoxy) is 3. The van der Waals surface area contributed by atoms with Gasteiger partial charge in [-0.1, -0.05) is 36.4 Å². The molecular formula is C26H25N3O4. The van der Waals surface area contributed by atoms with Crippen molar-refractivity contribution in [2.75, 3.05) is 21.3 Å². The number of hydrogen-bond donors (Lipinski definition) is 1. The fourth-order valence-electron chi connectivity index (χ4n) is 3.57. The van der Waals surface area contributed by atoms with Gasteiger partial charge in [-0.05, 0) is 36.4 Å². The molecule has 0 unspecified atom stereocenters. The van der Waals surface area contributed by atoms with Gasteiger partial charge in [-0.3, -0.25) is 4.79 Å². The standard InChI is InChI=1S/C26H25N3O4/c1-31-22-12-8-7-9-19(22)16-27-26(30)21-17-29(20-10-5-4-6-11-20)28-25(21)18-13-14-23(32-2)24(15-18)33-3/h4-15,17H,16H2,1-3H3,(H,27,30). The second kappa shape index (κ2) is 9.91. The molecule has 0 atom stereocenters. The first-order valence-corrected chi connectivity index (χ1v) is 10.4. The Morgan fingerprint density at radius 3 is 2.27 bits per heavy atom. The van der Waals surface area contributed by atoms with Crippen molar-refractivity contribution >= 4 is 5.91 Å². The van der Waals surface area contributed by atoms with Gasteiger partial charge in [0.15, 0.2) is 11.5 Å². The third kappa shape index (κ3) is 4.67. The number of nitrogens with one attached hydrogen (secondary N) is 1. The van der Waals surface area contributed by atoms with E-state index in [-0.39, 0.29) is 5.91 Å². The molecule has 3 aromatic carbocycles. The molecule has 168 valence electrons. The molecule has 4 aromatic rings. The Bertz CT molecular complexity index is 1250. The SMILES string of the molecule is COc1ccccc1CNC(=O)c1cn(-c2ccccc2)nc1-c1ccc(OC)c(OC)c1. The minimum absolute atomic E-state index is 0.243. The highest BCUT2D eigenvalue weighted by Crippen LogP contribution is 2.33. The maximum absolute atomic E-state index is 13.3. The average Bonchev–Trinajstić information content (AvgIpc) is 3.33. The summed E-state index contributed by atoms with van der Waals surface area (Å²) >= 11 is 0. The monoisotopic (exact) mass is 443 g/mol. The van der Waals surface area contributed by atoms with E-state index in [0.29, 0.717) is 29.3 Å². The first kappa shape index (κ1) is 22.0. The van der Waals surface area contributed by atoms with E-state index in [2.05, 4.69) is 5.32 Å². The summed E-state index contributed by atoms with van der Waals surface area (Å²) in [7, 11) is 4.77. The van der Waals surface area contributed by atoms with Gasteiger partial charge in [0.2, 0.25) is 0 Å². The summed E-state index contributed by atoms with van der Waals surface area (Å²) in [6.07, 6.45) is 1.74. The molecular weight excluding hydrogens is 418 g/mol. The number of para-hydroxylation sites is 2. The molecule has 0 radical (unpaired) electrons. The molecule has 0 spiro atoms. The molecule has 1 amide bonds. The normalized spacial score (nSPS) is 10.5. The van der Waals surface area contributed by atoms with E-state index in [1.165, 1.54) is 0 Å². The van der Waals surface area contributed by atoms with Crippen LogP contribution in [0.25, 0.3) is 16.9 Å². The number of amides is 1. The van der Waals surface area contributed by atoms with Gasteiger partial charge in [0.05, 0.1) is 32.6 Å². The van der Waals surface area contributed by atoms with Gasteiger partial charge < -0.3 is 19.5 Å². The zero-order valence-corrected chi connectivity index (χ0v) is 18.7. The summed E-state index contributed by atoms with van der Waals surface area (Å²) < 4.78 is 17.9. The molecule has 0 saturated heterocycles. The van der Waals surface area contributed by atoms with Crippen molar-refractivity contribution in [2.24, 2.45) is 0 Å². The van der Waals surface area contributed by atoms with Crippen LogP contribution in [0, 0.1) is 0 Å². The van der Waals surface area contributed by atoms with E-state index >= 15 is 0 Å². The van der Waals surface area contributed by atoms with E-state index in [1.807, 2.05) is 66.7 Å². The molecule has 1 heterocycles. The first-order chi connectivity index (χ1) is 16.1. The highest BCUT2D eigenvalue weighted by atomic mass is 16.5. The van der Waals surface area contributed by atoms with Gasteiger partial charge in [-0.2, -0.15) is 5.10 Å². The van der Waals surface area contributed by atoms with Crippen molar-refractivity contribution in [1.29, 1.82) is 0 Å². The molecule has 1 N–H and O–H groups in total. The third-order valence-electron chi connectivity index (χ3n) is 5.27. The van der Waals surface area contributed by atoms with Crippen LogP contribution in [0.2, 0.25) is 0 Å². The van der Waals surface area contributed by atoms with Crippen molar-refractivity contribution in [2.45, 2.75) is 6.54 Å². The Labute approximate surface area is 192 Å². The van der Waals surface area contributed by atoms with Crippen molar-refractivity contribution in [3.63, 3.8) is 0 Å². The van der Waals surface area contributed by atoms with E-state index in [1.54, 1.807) is 38.3 Å². The fourth-order valence-corrected chi connectivity index (χ4v) is 3.57. The van der Waals surface area contributed by atoms with Crippen LogP contribution in [0.15, 0.2) is 79.0 Å². The number of aromatic nitrogens is 2. The number of methoxy groups -OCH3 is 3. The minimum Gasteiger partial charge on any atom is -0.496 e. The van der Waals surface area contributed by atoms with E-state index in [9.17, 15) is 4.79 Å². The summed E-state index contributed by atoms with van der Waals surface area (Å²) in [6, 6.07) is 22.7. The second-order valence-electron chi connectivity index (χ2n) is 7.24. The highest BCUT2D eigenvalue weighted by Gasteiger charge is 2.20. The number of carbonyl (C=O) groups is 1. The lowest BCUT2D eigenvalue weighted by molar-refractivity contribution is 0.0951. The van der Waals surface area contributed by atoms with Crippen LogP contribution < -0.4 is 19.5 Å². The lowest BCUT2D eigenvalue weighted by atomic mass is 10.1. The fraction of sp³-hybridized carbons (Fsp3) is 0.154.